The van der Waals surface area contributed by atoms with E-state index in [1.54, 1.807) is 0 Å². The molecule has 0 aromatic carbocycles. The minimum atomic E-state index is -4.39. The summed E-state index contributed by atoms with van der Waals surface area (Å²) in [7, 11) is 1.46. The predicted molar refractivity (Wildman–Crippen MR) is 48.4 cm³/mol. The molecule has 1 aliphatic rings. The van der Waals surface area contributed by atoms with E-state index in [2.05, 4.69) is 4.74 Å². The van der Waals surface area contributed by atoms with Crippen molar-refractivity contribution >= 4 is 5.97 Å². The van der Waals surface area contributed by atoms with E-state index in [1.807, 2.05) is 0 Å². The molecule has 1 rings (SSSR count). The van der Waals surface area contributed by atoms with Crippen molar-refractivity contribution in [2.75, 3.05) is 20.2 Å². The zero-order valence-electron chi connectivity index (χ0n) is 8.41. The van der Waals surface area contributed by atoms with Gasteiger partial charge in [0.1, 0.15) is 11.5 Å². The highest BCUT2D eigenvalue weighted by Gasteiger charge is 2.29. The van der Waals surface area contributed by atoms with Gasteiger partial charge in [-0.1, -0.05) is 0 Å². The molecule has 0 spiro atoms. The average molecular weight is 237 g/mol. The SMILES string of the molecule is CN1CC(OCC(F)(F)F)=CC=C1C(=O)O. The lowest BCUT2D eigenvalue weighted by molar-refractivity contribution is -0.165. The molecule has 1 heterocycles. The highest BCUT2D eigenvalue weighted by Crippen LogP contribution is 2.19. The first-order chi connectivity index (χ1) is 7.29. The van der Waals surface area contributed by atoms with E-state index in [0.717, 1.165) is 0 Å². The van der Waals surface area contributed by atoms with Crippen LogP contribution < -0.4 is 0 Å². The fourth-order valence-corrected chi connectivity index (χ4v) is 1.17. The van der Waals surface area contributed by atoms with Crippen molar-refractivity contribution in [1.29, 1.82) is 0 Å². The van der Waals surface area contributed by atoms with Crippen LogP contribution >= 0.6 is 0 Å². The van der Waals surface area contributed by atoms with Crippen molar-refractivity contribution < 1.29 is 27.8 Å². The number of rotatable bonds is 3. The van der Waals surface area contributed by atoms with Crippen LogP contribution in [0.2, 0.25) is 0 Å². The monoisotopic (exact) mass is 237 g/mol. The number of ether oxygens (including phenoxy) is 1. The number of halogens is 3. The number of allylic oxidation sites excluding steroid dienone is 2. The van der Waals surface area contributed by atoms with Crippen molar-refractivity contribution in [2.45, 2.75) is 6.18 Å². The molecule has 7 heteroatoms. The van der Waals surface area contributed by atoms with E-state index >= 15 is 0 Å². The lowest BCUT2D eigenvalue weighted by Crippen LogP contribution is -2.29. The van der Waals surface area contributed by atoms with Gasteiger partial charge in [-0.05, 0) is 12.2 Å². The predicted octanol–water partition coefficient (Wildman–Crippen LogP) is 1.36. The number of aliphatic carboxylic acids is 1. The Morgan fingerprint density at radius 1 is 1.56 bits per heavy atom. The molecule has 4 nitrogen and oxygen atoms in total. The van der Waals surface area contributed by atoms with Gasteiger partial charge in [-0.15, -0.1) is 0 Å². The van der Waals surface area contributed by atoms with Gasteiger partial charge in [0.2, 0.25) is 0 Å². The second-order valence-corrected chi connectivity index (χ2v) is 3.25. The zero-order chi connectivity index (χ0) is 12.3. The molecule has 0 fully saturated rings. The maximum absolute atomic E-state index is 11.8. The summed E-state index contributed by atoms with van der Waals surface area (Å²) in [5.74, 6) is -1.04. The summed E-state index contributed by atoms with van der Waals surface area (Å²) in [4.78, 5) is 11.9. The molecule has 0 aromatic rings. The Bertz CT molecular complexity index is 346. The molecule has 0 unspecified atom stereocenters. The molecule has 0 amide bonds. The van der Waals surface area contributed by atoms with Gasteiger partial charge in [0.25, 0.3) is 0 Å². The topological polar surface area (TPSA) is 49.8 Å². The Balaban J connectivity index is 2.63. The number of hydrogen-bond donors (Lipinski definition) is 1. The maximum atomic E-state index is 11.8. The van der Waals surface area contributed by atoms with Gasteiger partial charge in [0.05, 0.1) is 6.54 Å². The van der Waals surface area contributed by atoms with Gasteiger partial charge in [0, 0.05) is 7.05 Å². The molecular weight excluding hydrogens is 227 g/mol. The number of likely N-dealkylation sites (N-methyl/N-ethyl adjacent to an activating group) is 1. The van der Waals surface area contributed by atoms with Crippen LogP contribution in [0.3, 0.4) is 0 Å². The lowest BCUT2D eigenvalue weighted by Gasteiger charge is -2.24. The quantitative estimate of drug-likeness (QED) is 0.805. The van der Waals surface area contributed by atoms with Gasteiger partial charge >= 0.3 is 12.1 Å². The summed E-state index contributed by atoms with van der Waals surface area (Å²) < 4.78 is 40.0. The molecule has 1 aliphatic heterocycles. The normalized spacial score (nSPS) is 16.6. The number of carboxylic acid groups (broad SMARTS) is 1. The Hall–Kier alpha value is -1.66. The molecule has 0 bridgehead atoms. The largest absolute Gasteiger partial charge is 0.487 e. The smallest absolute Gasteiger partial charge is 0.422 e. The van der Waals surface area contributed by atoms with Crippen LogP contribution in [0.25, 0.3) is 0 Å². The molecule has 0 radical (unpaired) electrons. The maximum Gasteiger partial charge on any atom is 0.422 e. The minimum Gasteiger partial charge on any atom is -0.487 e. The first kappa shape index (κ1) is 12.4. The molecule has 0 aliphatic carbocycles. The van der Waals surface area contributed by atoms with Crippen LogP contribution in [0, 0.1) is 0 Å². The van der Waals surface area contributed by atoms with Crippen LogP contribution in [0.1, 0.15) is 0 Å². The lowest BCUT2D eigenvalue weighted by atomic mass is 10.2. The van der Waals surface area contributed by atoms with Crippen LogP contribution in [0.4, 0.5) is 13.2 Å². The zero-order valence-corrected chi connectivity index (χ0v) is 8.41. The first-order valence-electron chi connectivity index (χ1n) is 4.34. The van der Waals surface area contributed by atoms with Crippen LogP contribution in [0.5, 0.6) is 0 Å². The third-order valence-electron chi connectivity index (χ3n) is 1.87. The molecule has 0 aromatic heterocycles. The van der Waals surface area contributed by atoms with E-state index in [0.29, 0.717) is 0 Å². The van der Waals surface area contributed by atoms with Gasteiger partial charge in [-0.2, -0.15) is 13.2 Å². The molecule has 0 atom stereocenters. The van der Waals surface area contributed by atoms with Crippen molar-refractivity contribution in [2.24, 2.45) is 0 Å². The fourth-order valence-electron chi connectivity index (χ4n) is 1.17. The summed E-state index contributed by atoms with van der Waals surface area (Å²) >= 11 is 0. The third-order valence-corrected chi connectivity index (χ3v) is 1.87. The van der Waals surface area contributed by atoms with E-state index in [1.165, 1.54) is 24.1 Å². The van der Waals surface area contributed by atoms with E-state index in [9.17, 15) is 18.0 Å². The van der Waals surface area contributed by atoms with E-state index in [4.69, 9.17) is 5.11 Å². The minimum absolute atomic E-state index is 0.00815. The Morgan fingerprint density at radius 3 is 2.62 bits per heavy atom. The highest BCUT2D eigenvalue weighted by atomic mass is 19.4. The van der Waals surface area contributed by atoms with Crippen LogP contribution in [-0.2, 0) is 9.53 Å². The fraction of sp³-hybridized carbons (Fsp3) is 0.444. The van der Waals surface area contributed by atoms with Gasteiger partial charge < -0.3 is 14.7 Å². The Morgan fingerprint density at radius 2 is 2.19 bits per heavy atom. The molecule has 16 heavy (non-hydrogen) atoms. The first-order valence-corrected chi connectivity index (χ1v) is 4.34. The standard InChI is InChI=1S/C9H10F3NO3/c1-13-4-6(16-5-9(10,11)12)2-3-7(13)8(14)15/h2-3H,4-5H2,1H3,(H,14,15). The van der Waals surface area contributed by atoms with Crippen molar-refractivity contribution in [3.05, 3.63) is 23.6 Å². The summed E-state index contributed by atoms with van der Waals surface area (Å²) in [6, 6.07) is 0. The number of alkyl halides is 3. The molecule has 0 saturated heterocycles. The highest BCUT2D eigenvalue weighted by molar-refractivity contribution is 5.86. The molecule has 0 saturated carbocycles. The molecular formula is C9H10F3NO3. The van der Waals surface area contributed by atoms with Crippen molar-refractivity contribution in [3.63, 3.8) is 0 Å². The second-order valence-electron chi connectivity index (χ2n) is 3.25. The van der Waals surface area contributed by atoms with Gasteiger partial charge in [0.15, 0.2) is 6.61 Å². The Kier molecular flexibility index (Phi) is 3.46. The number of carbonyl (C=O) groups is 1. The average Bonchev–Trinajstić information content (AvgIpc) is 2.13. The molecule has 90 valence electrons. The van der Waals surface area contributed by atoms with Crippen LogP contribution in [-0.4, -0.2) is 42.4 Å². The molecule has 1 N–H and O–H groups in total. The van der Waals surface area contributed by atoms with E-state index < -0.39 is 18.8 Å². The summed E-state index contributed by atoms with van der Waals surface area (Å²) in [6.07, 6.45) is -1.96. The van der Waals surface area contributed by atoms with Crippen LogP contribution in [0.15, 0.2) is 23.6 Å². The number of hydrogen-bond acceptors (Lipinski definition) is 3. The van der Waals surface area contributed by atoms with E-state index in [-0.39, 0.29) is 18.0 Å². The number of carboxylic acids is 1. The number of nitrogens with zero attached hydrogens (tertiary/aromatic N) is 1. The Labute approximate surface area is 89.6 Å². The summed E-state index contributed by atoms with van der Waals surface area (Å²) in [5.41, 5.74) is 0.0133. The summed E-state index contributed by atoms with van der Waals surface area (Å²) in [6.45, 7) is -1.36. The second kappa shape index (κ2) is 4.46. The van der Waals surface area contributed by atoms with Gasteiger partial charge in [-0.3, -0.25) is 0 Å². The third kappa shape index (κ3) is 3.48. The van der Waals surface area contributed by atoms with Crippen molar-refractivity contribution in [1.82, 2.24) is 4.90 Å². The van der Waals surface area contributed by atoms with Crippen molar-refractivity contribution in [3.8, 4) is 0 Å². The summed E-state index contributed by atoms with van der Waals surface area (Å²) in [5, 5.41) is 8.69. The van der Waals surface area contributed by atoms with Gasteiger partial charge in [-0.25, -0.2) is 4.79 Å².